The Labute approximate surface area is 253 Å². The van der Waals surface area contributed by atoms with Gasteiger partial charge in [0.2, 0.25) is 21.8 Å². The van der Waals surface area contributed by atoms with Gasteiger partial charge in [0.25, 0.3) is 0 Å². The van der Waals surface area contributed by atoms with E-state index in [1.807, 2.05) is 56.3 Å². The van der Waals surface area contributed by atoms with E-state index < -0.39 is 16.1 Å². The Morgan fingerprint density at radius 3 is 2.07 bits per heavy atom. The SMILES string of the molecule is CCNC(=O)[C@H](Cc1ccccc1)N(Cc1c(Cl)cccc1Cl)C(=O)CCCN(c1ccc(CC)cc1)S(C)(=O)=O. The highest BCUT2D eigenvalue weighted by Gasteiger charge is 2.31. The molecule has 0 bridgehead atoms. The Hall–Kier alpha value is -3.07. The first-order valence-corrected chi connectivity index (χ1v) is 16.3. The quantitative estimate of drug-likeness (QED) is 0.245. The second kappa shape index (κ2) is 15.2. The number of aryl methyl sites for hydroxylation is 1. The molecule has 41 heavy (non-hydrogen) atoms. The summed E-state index contributed by atoms with van der Waals surface area (Å²) in [5.41, 5.74) is 3.08. The number of likely N-dealkylation sites (N-methyl/N-ethyl adjacent to an activating group) is 1. The average molecular weight is 619 g/mol. The predicted octanol–water partition coefficient (Wildman–Crippen LogP) is 5.88. The number of carbonyl (C=O) groups is 2. The van der Waals surface area contributed by atoms with Crippen molar-refractivity contribution in [1.29, 1.82) is 0 Å². The Balaban J connectivity index is 1.89. The molecule has 0 unspecified atom stereocenters. The highest BCUT2D eigenvalue weighted by molar-refractivity contribution is 7.92. The van der Waals surface area contributed by atoms with Crippen molar-refractivity contribution < 1.29 is 18.0 Å². The highest BCUT2D eigenvalue weighted by atomic mass is 35.5. The number of nitrogens with zero attached hydrogens (tertiary/aromatic N) is 2. The van der Waals surface area contributed by atoms with Gasteiger partial charge in [-0.2, -0.15) is 0 Å². The zero-order chi connectivity index (χ0) is 30.0. The van der Waals surface area contributed by atoms with Gasteiger partial charge in [-0.1, -0.05) is 78.7 Å². The molecule has 0 heterocycles. The van der Waals surface area contributed by atoms with Crippen LogP contribution in [0, 0.1) is 0 Å². The third kappa shape index (κ3) is 9.21. The molecule has 220 valence electrons. The number of anilines is 1. The maximum absolute atomic E-state index is 13.9. The van der Waals surface area contributed by atoms with Gasteiger partial charge in [0.05, 0.1) is 11.9 Å². The monoisotopic (exact) mass is 617 g/mol. The van der Waals surface area contributed by atoms with Crippen LogP contribution in [0.5, 0.6) is 0 Å². The third-order valence-electron chi connectivity index (χ3n) is 6.80. The van der Waals surface area contributed by atoms with Gasteiger partial charge in [-0.05, 0) is 55.2 Å². The molecule has 0 aliphatic rings. The second-order valence-corrected chi connectivity index (χ2v) is 12.5. The average Bonchev–Trinajstić information content (AvgIpc) is 2.94. The minimum atomic E-state index is -3.58. The maximum Gasteiger partial charge on any atom is 0.243 e. The fourth-order valence-electron chi connectivity index (χ4n) is 4.60. The zero-order valence-electron chi connectivity index (χ0n) is 23.6. The number of rotatable bonds is 14. The van der Waals surface area contributed by atoms with Gasteiger partial charge >= 0.3 is 0 Å². The number of nitrogens with one attached hydrogen (secondary N) is 1. The van der Waals surface area contributed by atoms with Gasteiger partial charge in [-0.3, -0.25) is 13.9 Å². The van der Waals surface area contributed by atoms with Crippen LogP contribution in [-0.4, -0.2) is 50.5 Å². The summed E-state index contributed by atoms with van der Waals surface area (Å²) >= 11 is 12.9. The van der Waals surface area contributed by atoms with Crippen molar-refractivity contribution in [1.82, 2.24) is 10.2 Å². The summed E-state index contributed by atoms with van der Waals surface area (Å²) < 4.78 is 26.6. The summed E-state index contributed by atoms with van der Waals surface area (Å²) in [6.07, 6.45) is 2.56. The summed E-state index contributed by atoms with van der Waals surface area (Å²) in [5, 5.41) is 3.64. The van der Waals surface area contributed by atoms with Crippen molar-refractivity contribution in [2.24, 2.45) is 0 Å². The number of hydrogen-bond donors (Lipinski definition) is 1. The largest absolute Gasteiger partial charge is 0.355 e. The van der Waals surface area contributed by atoms with Gasteiger partial charge in [0.15, 0.2) is 0 Å². The van der Waals surface area contributed by atoms with Gasteiger partial charge in [0, 0.05) is 48.1 Å². The van der Waals surface area contributed by atoms with Crippen molar-refractivity contribution in [3.05, 3.63) is 99.5 Å². The van der Waals surface area contributed by atoms with Crippen LogP contribution in [0.1, 0.15) is 43.4 Å². The molecule has 0 radical (unpaired) electrons. The topological polar surface area (TPSA) is 86.8 Å². The molecular weight excluding hydrogens is 581 g/mol. The van der Waals surface area contributed by atoms with Crippen LogP contribution < -0.4 is 9.62 Å². The fraction of sp³-hybridized carbons (Fsp3) is 0.355. The smallest absolute Gasteiger partial charge is 0.243 e. The van der Waals surface area contributed by atoms with Crippen LogP contribution in [0.15, 0.2) is 72.8 Å². The first-order valence-electron chi connectivity index (χ1n) is 13.7. The number of amides is 2. The van der Waals surface area contributed by atoms with Crippen LogP contribution >= 0.6 is 23.2 Å². The third-order valence-corrected chi connectivity index (χ3v) is 8.70. The van der Waals surface area contributed by atoms with E-state index in [0.29, 0.717) is 34.3 Å². The molecule has 3 rings (SSSR count). The molecule has 0 aromatic heterocycles. The molecule has 0 saturated heterocycles. The van der Waals surface area contributed by atoms with Crippen LogP contribution in [0.2, 0.25) is 10.0 Å². The van der Waals surface area contributed by atoms with E-state index in [-0.39, 0.29) is 37.7 Å². The molecule has 0 fully saturated rings. The first kappa shape index (κ1) is 32.4. The maximum atomic E-state index is 13.9. The molecule has 0 aliphatic carbocycles. The van der Waals surface area contributed by atoms with E-state index in [1.54, 1.807) is 30.3 Å². The standard InChI is InChI=1S/C31H37Cl2N3O4S/c1-4-23-16-18-25(19-17-23)36(41(3,39)40)20-10-15-30(37)35(22-26-27(32)13-9-14-28(26)33)29(31(38)34-5-2)21-24-11-7-6-8-12-24/h6-9,11-14,16-19,29H,4-5,10,15,20-22H2,1-3H3,(H,34,38)/t29-/m0/s1. The van der Waals surface area contributed by atoms with Gasteiger partial charge in [-0.15, -0.1) is 0 Å². The van der Waals surface area contributed by atoms with Crippen molar-refractivity contribution in [2.75, 3.05) is 23.7 Å². The Bertz CT molecular complexity index is 1400. The lowest BCUT2D eigenvalue weighted by Crippen LogP contribution is -2.50. The molecule has 3 aromatic rings. The molecule has 7 nitrogen and oxygen atoms in total. The number of hydrogen-bond acceptors (Lipinski definition) is 4. The fourth-order valence-corrected chi connectivity index (χ4v) is 6.08. The summed E-state index contributed by atoms with van der Waals surface area (Å²) in [7, 11) is -3.58. The highest BCUT2D eigenvalue weighted by Crippen LogP contribution is 2.28. The van der Waals surface area contributed by atoms with Crippen LogP contribution in [-0.2, 0) is 39.0 Å². The van der Waals surface area contributed by atoms with Crippen molar-refractivity contribution >= 4 is 50.7 Å². The van der Waals surface area contributed by atoms with Gasteiger partial charge in [-0.25, -0.2) is 8.42 Å². The second-order valence-electron chi connectivity index (χ2n) is 9.78. The minimum absolute atomic E-state index is 0.0197. The number of sulfonamides is 1. The van der Waals surface area contributed by atoms with Gasteiger partial charge < -0.3 is 10.2 Å². The lowest BCUT2D eigenvalue weighted by Gasteiger charge is -2.32. The predicted molar refractivity (Wildman–Crippen MR) is 167 cm³/mol. The lowest BCUT2D eigenvalue weighted by atomic mass is 10.0. The van der Waals surface area contributed by atoms with Crippen molar-refractivity contribution in [3.8, 4) is 0 Å². The Morgan fingerprint density at radius 1 is 0.878 bits per heavy atom. The van der Waals surface area contributed by atoms with E-state index in [4.69, 9.17) is 23.2 Å². The molecule has 1 atom stereocenters. The summed E-state index contributed by atoms with van der Waals surface area (Å²) in [6, 6.07) is 21.1. The molecule has 0 spiro atoms. The van der Waals surface area contributed by atoms with E-state index in [1.165, 1.54) is 9.21 Å². The first-order chi connectivity index (χ1) is 19.5. The minimum Gasteiger partial charge on any atom is -0.355 e. The molecular formula is C31H37Cl2N3O4S. The summed E-state index contributed by atoms with van der Waals surface area (Å²) in [5.74, 6) is -0.593. The molecule has 0 aliphatic heterocycles. The van der Waals surface area contributed by atoms with E-state index in [0.717, 1.165) is 23.8 Å². The molecule has 2 amide bonds. The molecule has 1 N–H and O–H groups in total. The van der Waals surface area contributed by atoms with Gasteiger partial charge in [0.1, 0.15) is 6.04 Å². The number of carbonyl (C=O) groups excluding carboxylic acids is 2. The Kier molecular flexibility index (Phi) is 12.1. The lowest BCUT2D eigenvalue weighted by molar-refractivity contribution is -0.141. The van der Waals surface area contributed by atoms with Crippen LogP contribution in [0.25, 0.3) is 0 Å². The summed E-state index contributed by atoms with van der Waals surface area (Å²) in [4.78, 5) is 28.7. The summed E-state index contributed by atoms with van der Waals surface area (Å²) in [6.45, 7) is 4.39. The van der Waals surface area contributed by atoms with E-state index in [2.05, 4.69) is 5.32 Å². The normalized spacial score (nSPS) is 12.0. The molecule has 10 heteroatoms. The number of halogens is 2. The van der Waals surface area contributed by atoms with E-state index >= 15 is 0 Å². The van der Waals surface area contributed by atoms with Crippen molar-refractivity contribution in [3.63, 3.8) is 0 Å². The molecule has 3 aromatic carbocycles. The number of benzene rings is 3. The molecule has 0 saturated carbocycles. The van der Waals surface area contributed by atoms with E-state index in [9.17, 15) is 18.0 Å². The Morgan fingerprint density at radius 2 is 1.51 bits per heavy atom. The zero-order valence-corrected chi connectivity index (χ0v) is 26.0. The van der Waals surface area contributed by atoms with Crippen LogP contribution in [0.4, 0.5) is 5.69 Å². The van der Waals surface area contributed by atoms with Crippen LogP contribution in [0.3, 0.4) is 0 Å². The van der Waals surface area contributed by atoms with Crippen molar-refractivity contribution in [2.45, 2.75) is 52.1 Å².